The van der Waals surface area contributed by atoms with Crippen molar-refractivity contribution < 1.29 is 19.1 Å². The number of hydrogen-bond acceptors (Lipinski definition) is 8. The number of aromatic nitrogens is 2. The first kappa shape index (κ1) is 24.1. The number of nitrogens with one attached hydrogen (secondary N) is 2. The molecule has 1 atom stereocenters. The van der Waals surface area contributed by atoms with Crippen LogP contribution in [0.25, 0.3) is 0 Å². The summed E-state index contributed by atoms with van der Waals surface area (Å²) >= 11 is 0. The maximum atomic E-state index is 13.1. The number of fused-ring (bicyclic) bond motifs is 1. The van der Waals surface area contributed by atoms with Gasteiger partial charge in [-0.1, -0.05) is 0 Å². The minimum absolute atomic E-state index is 0.154. The van der Waals surface area contributed by atoms with Crippen LogP contribution in [0.15, 0.2) is 18.3 Å². The summed E-state index contributed by atoms with van der Waals surface area (Å²) in [6.07, 6.45) is 4.53. The van der Waals surface area contributed by atoms with E-state index in [0.29, 0.717) is 67.2 Å². The average molecular weight is 478 g/mol. The smallest absolute Gasteiger partial charge is 0.328 e. The van der Waals surface area contributed by atoms with Gasteiger partial charge >= 0.3 is 6.03 Å². The van der Waals surface area contributed by atoms with Crippen LogP contribution in [0.5, 0.6) is 0 Å². The molecule has 1 unspecified atom stereocenters. The van der Waals surface area contributed by atoms with Crippen LogP contribution in [-0.2, 0) is 22.5 Å². The molecule has 2 aliphatic rings. The highest BCUT2D eigenvalue weighted by Crippen LogP contribution is 2.28. The van der Waals surface area contributed by atoms with Crippen molar-refractivity contribution in [3.05, 3.63) is 40.7 Å². The van der Waals surface area contributed by atoms with Gasteiger partial charge in [0, 0.05) is 51.6 Å². The molecule has 0 bridgehead atoms. The van der Waals surface area contributed by atoms with Crippen molar-refractivity contribution >= 4 is 35.5 Å². The van der Waals surface area contributed by atoms with Gasteiger partial charge < -0.3 is 15.0 Å². The Labute approximate surface area is 203 Å². The summed E-state index contributed by atoms with van der Waals surface area (Å²) in [7, 11) is 3.60. The zero-order valence-corrected chi connectivity index (χ0v) is 19.7. The zero-order valence-electron chi connectivity index (χ0n) is 19.7. The monoisotopic (exact) mass is 477 g/mol. The summed E-state index contributed by atoms with van der Waals surface area (Å²) in [6, 6.07) is 5.10. The highest BCUT2D eigenvalue weighted by atomic mass is 16.5. The highest BCUT2D eigenvalue weighted by Gasteiger charge is 2.27. The molecule has 1 saturated heterocycles. The first-order valence-electron chi connectivity index (χ1n) is 11.4. The Kier molecular flexibility index (Phi) is 7.22. The molecule has 4 heterocycles. The fourth-order valence-electron chi connectivity index (χ4n) is 4.23. The van der Waals surface area contributed by atoms with Crippen LogP contribution in [0.1, 0.15) is 46.4 Å². The van der Waals surface area contributed by atoms with E-state index in [1.807, 2.05) is 6.07 Å². The third kappa shape index (κ3) is 5.22. The molecule has 2 aromatic rings. The van der Waals surface area contributed by atoms with Crippen molar-refractivity contribution in [3.8, 4) is 6.07 Å². The lowest BCUT2D eigenvalue weighted by Gasteiger charge is -2.29. The molecule has 0 spiro atoms. The molecule has 11 heteroatoms. The number of urea groups is 1. The molecular weight excluding hydrogens is 450 g/mol. The van der Waals surface area contributed by atoms with E-state index in [-0.39, 0.29) is 18.1 Å². The van der Waals surface area contributed by atoms with E-state index in [1.165, 1.54) is 11.1 Å². The van der Waals surface area contributed by atoms with E-state index < -0.39 is 12.1 Å². The third-order valence-electron chi connectivity index (χ3n) is 6.03. The lowest BCUT2D eigenvalue weighted by atomic mass is 10.0. The second kappa shape index (κ2) is 10.5. The molecule has 3 amide bonds. The van der Waals surface area contributed by atoms with Crippen molar-refractivity contribution in [2.45, 2.75) is 38.3 Å². The minimum Gasteiger partial charge on any atom is -0.376 e. The fraction of sp³-hybridized carbons (Fsp3) is 0.417. The number of ether oxygens (including phenoxy) is 1. The zero-order chi connectivity index (χ0) is 24.9. The number of pyridine rings is 2. The van der Waals surface area contributed by atoms with Crippen LogP contribution in [-0.4, -0.2) is 61.5 Å². The predicted octanol–water partition coefficient (Wildman–Crippen LogP) is 2.01. The molecule has 11 nitrogen and oxygen atoms in total. The Bertz CT molecular complexity index is 1190. The van der Waals surface area contributed by atoms with Gasteiger partial charge in [0.25, 0.3) is 0 Å². The van der Waals surface area contributed by atoms with Crippen molar-refractivity contribution in [2.75, 3.05) is 42.4 Å². The van der Waals surface area contributed by atoms with E-state index in [4.69, 9.17) is 4.74 Å². The van der Waals surface area contributed by atoms with Gasteiger partial charge in [0.1, 0.15) is 29.5 Å². The predicted molar refractivity (Wildman–Crippen MR) is 128 cm³/mol. The van der Waals surface area contributed by atoms with Crippen molar-refractivity contribution in [3.63, 3.8) is 0 Å². The maximum absolute atomic E-state index is 13.1. The van der Waals surface area contributed by atoms with Gasteiger partial charge in [-0.3, -0.25) is 19.8 Å². The molecule has 2 N–H and O–H groups in total. The Balaban J connectivity index is 1.52. The van der Waals surface area contributed by atoms with Crippen molar-refractivity contribution in [2.24, 2.45) is 0 Å². The fourth-order valence-corrected chi connectivity index (χ4v) is 4.23. The topological polar surface area (TPSA) is 141 Å². The van der Waals surface area contributed by atoms with E-state index in [9.17, 15) is 19.6 Å². The van der Waals surface area contributed by atoms with Gasteiger partial charge in [-0.2, -0.15) is 5.26 Å². The van der Waals surface area contributed by atoms with Crippen LogP contribution < -0.4 is 20.4 Å². The van der Waals surface area contributed by atoms with Crippen LogP contribution >= 0.6 is 0 Å². The number of carbonyl (C=O) groups is 3. The Morgan fingerprint density at radius 1 is 1.34 bits per heavy atom. The number of amides is 3. The molecule has 0 aromatic carbocycles. The molecule has 1 fully saturated rings. The molecule has 0 aliphatic carbocycles. The summed E-state index contributed by atoms with van der Waals surface area (Å²) in [5, 5.41) is 14.9. The van der Waals surface area contributed by atoms with Gasteiger partial charge in [-0.05, 0) is 37.3 Å². The van der Waals surface area contributed by atoms with Gasteiger partial charge in [-0.25, -0.2) is 14.8 Å². The van der Waals surface area contributed by atoms with Crippen LogP contribution in [0.4, 0.5) is 22.1 Å². The van der Waals surface area contributed by atoms with Gasteiger partial charge in [0.2, 0.25) is 5.91 Å². The Hall–Kier alpha value is -4.04. The summed E-state index contributed by atoms with van der Waals surface area (Å²) in [5.41, 5.74) is 2.61. The highest BCUT2D eigenvalue weighted by molar-refractivity contribution is 6.02. The molecule has 182 valence electrons. The summed E-state index contributed by atoms with van der Waals surface area (Å²) in [4.78, 5) is 49.1. The first-order valence-corrected chi connectivity index (χ1v) is 11.4. The standard InChI is InChI=1S/C24H27N7O4/c1-30(2)19-10-21(26-13-17(19)11-25)29-24(34)31-7-3-5-15-9-16(18(14-32)28-22(15)31)12-27-23(33)20-6-4-8-35-20/h9-10,13-14,20H,3-8,12H2,1-2H3,(H,27,33)(H,26,29,34). The first-order chi connectivity index (χ1) is 16.9. The van der Waals surface area contributed by atoms with Crippen molar-refractivity contribution in [1.29, 1.82) is 5.26 Å². The molecule has 35 heavy (non-hydrogen) atoms. The van der Waals surface area contributed by atoms with Crippen molar-refractivity contribution in [1.82, 2.24) is 15.3 Å². The lowest BCUT2D eigenvalue weighted by Crippen LogP contribution is -2.40. The van der Waals surface area contributed by atoms with Gasteiger partial charge in [0.15, 0.2) is 6.29 Å². The number of aryl methyl sites for hydroxylation is 1. The normalized spacial score (nSPS) is 16.7. The molecule has 0 saturated carbocycles. The molecule has 0 radical (unpaired) electrons. The largest absolute Gasteiger partial charge is 0.376 e. The summed E-state index contributed by atoms with van der Waals surface area (Å²) < 4.78 is 5.40. The van der Waals surface area contributed by atoms with E-state index in [2.05, 4.69) is 26.7 Å². The minimum atomic E-state index is -0.455. The second-order valence-electron chi connectivity index (χ2n) is 8.63. The molecule has 2 aliphatic heterocycles. The number of carbonyl (C=O) groups excluding carboxylic acids is 3. The van der Waals surface area contributed by atoms with E-state index in [1.54, 1.807) is 25.1 Å². The Morgan fingerprint density at radius 3 is 2.86 bits per heavy atom. The van der Waals surface area contributed by atoms with Crippen LogP contribution in [0, 0.1) is 11.3 Å². The average Bonchev–Trinajstić information content (AvgIpc) is 3.41. The summed E-state index contributed by atoms with van der Waals surface area (Å²) in [6.45, 7) is 1.15. The maximum Gasteiger partial charge on any atom is 0.328 e. The number of anilines is 3. The lowest BCUT2D eigenvalue weighted by molar-refractivity contribution is -0.130. The number of nitriles is 1. The third-order valence-corrected chi connectivity index (χ3v) is 6.03. The SMILES string of the molecule is CN(C)c1cc(NC(=O)N2CCCc3cc(CNC(=O)C4CCCO4)c(C=O)nc32)ncc1C#N. The molecular formula is C24H27N7O4. The summed E-state index contributed by atoms with van der Waals surface area (Å²) in [5.74, 6) is 0.505. The van der Waals surface area contributed by atoms with Crippen LogP contribution in [0.3, 0.4) is 0 Å². The quantitative estimate of drug-likeness (QED) is 0.602. The van der Waals surface area contributed by atoms with E-state index >= 15 is 0 Å². The number of hydrogen-bond donors (Lipinski definition) is 2. The second-order valence-corrected chi connectivity index (χ2v) is 8.63. The Morgan fingerprint density at radius 2 is 2.17 bits per heavy atom. The number of nitrogens with zero attached hydrogens (tertiary/aromatic N) is 5. The number of rotatable bonds is 6. The van der Waals surface area contributed by atoms with E-state index in [0.717, 1.165) is 12.0 Å². The van der Waals surface area contributed by atoms with Gasteiger partial charge in [0.05, 0.1) is 11.3 Å². The van der Waals surface area contributed by atoms with Crippen LogP contribution in [0.2, 0.25) is 0 Å². The number of aldehydes is 1. The molecule has 2 aromatic heterocycles. The van der Waals surface area contributed by atoms with Gasteiger partial charge in [-0.15, -0.1) is 0 Å². The molecule has 4 rings (SSSR count).